The Kier molecular flexibility index (Phi) is 3.85. The van der Waals surface area contributed by atoms with E-state index in [1.165, 1.54) is 12.1 Å². The molecular formula is C10H7F2O3P. The summed E-state index contributed by atoms with van der Waals surface area (Å²) in [6.45, 7) is 0. The van der Waals surface area contributed by atoms with Gasteiger partial charge in [0, 0.05) is 0 Å². The molecule has 6 heteroatoms. The van der Waals surface area contributed by atoms with E-state index in [1.807, 2.05) is 0 Å². The maximum atomic E-state index is 13.0. The van der Waals surface area contributed by atoms with Gasteiger partial charge in [0.05, 0.1) is 0 Å². The molecule has 0 radical (unpaired) electrons. The Bertz CT molecular complexity index is 429. The topological polar surface area (TPSA) is 54.4 Å². The number of halogens is 2. The number of alkyl halides is 2. The molecule has 1 N–H and O–H groups in total. The van der Waals surface area contributed by atoms with Gasteiger partial charge in [-0.15, -0.1) is 0 Å². The lowest BCUT2D eigenvalue weighted by molar-refractivity contribution is -0.134. The number of carboxylic acid groups (broad SMARTS) is 1. The van der Waals surface area contributed by atoms with Gasteiger partial charge >= 0.3 is 11.6 Å². The van der Waals surface area contributed by atoms with E-state index >= 15 is 0 Å². The minimum absolute atomic E-state index is 0.309. The number of carbonyl (C=O) groups is 1. The summed E-state index contributed by atoms with van der Waals surface area (Å²) < 4.78 is 36.2. The van der Waals surface area contributed by atoms with Crippen LogP contribution >= 0.6 is 8.46 Å². The van der Waals surface area contributed by atoms with Crippen LogP contribution in [-0.2, 0) is 9.36 Å². The summed E-state index contributed by atoms with van der Waals surface area (Å²) in [5.41, 5.74) is -4.78. The van der Waals surface area contributed by atoms with Crippen LogP contribution in [0.15, 0.2) is 35.9 Å². The highest BCUT2D eigenvalue weighted by Gasteiger charge is 2.39. The average Bonchev–Trinajstić information content (AvgIpc) is 2.26. The lowest BCUT2D eigenvalue weighted by Crippen LogP contribution is -2.18. The summed E-state index contributed by atoms with van der Waals surface area (Å²) >= 11 is 0. The number of hydrogen-bond donors (Lipinski definition) is 1. The van der Waals surface area contributed by atoms with Crippen LogP contribution in [0.25, 0.3) is 6.08 Å². The molecule has 0 saturated carbocycles. The minimum atomic E-state index is -3.89. The molecule has 0 atom stereocenters. The predicted molar refractivity (Wildman–Crippen MR) is 54.6 cm³/mol. The number of rotatable bonds is 4. The molecule has 16 heavy (non-hydrogen) atoms. The van der Waals surface area contributed by atoms with Gasteiger partial charge in [-0.3, -0.25) is 4.57 Å². The molecule has 84 valence electrons. The van der Waals surface area contributed by atoms with Gasteiger partial charge in [0.1, 0.15) is 5.57 Å². The van der Waals surface area contributed by atoms with E-state index in [0.717, 1.165) is 6.08 Å². The Hall–Kier alpha value is -1.61. The Balaban J connectivity index is 3.19. The molecule has 0 saturated heterocycles. The first kappa shape index (κ1) is 12.5. The fourth-order valence-electron chi connectivity index (χ4n) is 1.04. The third kappa shape index (κ3) is 2.94. The van der Waals surface area contributed by atoms with Gasteiger partial charge in [0.2, 0.25) is 8.46 Å². The van der Waals surface area contributed by atoms with Crippen LogP contribution in [0, 0.1) is 0 Å². The van der Waals surface area contributed by atoms with Crippen molar-refractivity contribution in [3.8, 4) is 0 Å². The Morgan fingerprint density at radius 1 is 1.31 bits per heavy atom. The van der Waals surface area contributed by atoms with Crippen molar-refractivity contribution >= 4 is 20.5 Å². The molecule has 3 nitrogen and oxygen atoms in total. The van der Waals surface area contributed by atoms with Crippen molar-refractivity contribution in [3.05, 3.63) is 41.5 Å². The molecule has 1 rings (SSSR count). The summed E-state index contributed by atoms with van der Waals surface area (Å²) in [6.07, 6.45) is 0.799. The van der Waals surface area contributed by atoms with Crippen molar-refractivity contribution in [2.75, 3.05) is 0 Å². The molecule has 0 bridgehead atoms. The predicted octanol–water partition coefficient (Wildman–Crippen LogP) is 3.04. The zero-order valence-corrected chi connectivity index (χ0v) is 8.83. The first-order chi connectivity index (χ1) is 7.47. The lowest BCUT2D eigenvalue weighted by Gasteiger charge is -2.08. The van der Waals surface area contributed by atoms with E-state index in [1.54, 1.807) is 18.2 Å². The van der Waals surface area contributed by atoms with Crippen LogP contribution in [0.2, 0.25) is 0 Å². The number of carboxylic acids is 1. The quantitative estimate of drug-likeness (QED) is 0.654. The van der Waals surface area contributed by atoms with Crippen LogP contribution in [-0.4, -0.2) is 16.7 Å². The third-order valence-corrected chi connectivity index (χ3v) is 2.25. The van der Waals surface area contributed by atoms with Crippen LogP contribution in [0.1, 0.15) is 5.56 Å². The van der Waals surface area contributed by atoms with Crippen LogP contribution in [0.4, 0.5) is 8.78 Å². The summed E-state index contributed by atoms with van der Waals surface area (Å²) in [6, 6.07) is 7.78. The highest BCUT2D eigenvalue weighted by molar-refractivity contribution is 7.26. The van der Waals surface area contributed by atoms with E-state index in [4.69, 9.17) is 5.11 Å². The van der Waals surface area contributed by atoms with Crippen LogP contribution < -0.4 is 0 Å². The zero-order chi connectivity index (χ0) is 12.2. The Labute approximate surface area is 91.6 Å². The zero-order valence-electron chi connectivity index (χ0n) is 7.93. The van der Waals surface area contributed by atoms with Crippen molar-refractivity contribution in [3.63, 3.8) is 0 Å². The molecule has 0 aliphatic carbocycles. The highest BCUT2D eigenvalue weighted by Crippen LogP contribution is 2.36. The average molecular weight is 244 g/mol. The third-order valence-electron chi connectivity index (χ3n) is 1.78. The summed E-state index contributed by atoms with van der Waals surface area (Å²) in [5, 5.41) is 8.61. The molecule has 0 fully saturated rings. The SMILES string of the molecule is O=PC(F)(F)C(=Cc1ccccc1)C(=O)O. The Morgan fingerprint density at radius 2 is 1.88 bits per heavy atom. The van der Waals surface area contributed by atoms with Gasteiger partial charge in [-0.05, 0) is 11.6 Å². The fraction of sp³-hybridized carbons (Fsp3) is 0.100. The first-order valence-electron chi connectivity index (χ1n) is 4.20. The van der Waals surface area contributed by atoms with Crippen LogP contribution in [0.5, 0.6) is 0 Å². The molecule has 0 aliphatic heterocycles. The van der Waals surface area contributed by atoms with Gasteiger partial charge in [-0.25, -0.2) is 4.79 Å². The largest absolute Gasteiger partial charge is 0.478 e. The van der Waals surface area contributed by atoms with Crippen molar-refractivity contribution in [1.82, 2.24) is 0 Å². The summed E-state index contributed by atoms with van der Waals surface area (Å²) in [7, 11) is -1.54. The summed E-state index contributed by atoms with van der Waals surface area (Å²) in [4.78, 5) is 10.6. The molecule has 0 aromatic heterocycles. The van der Waals surface area contributed by atoms with Crippen molar-refractivity contribution in [2.24, 2.45) is 0 Å². The molecule has 0 heterocycles. The molecule has 0 amide bonds. The lowest BCUT2D eigenvalue weighted by atomic mass is 10.1. The molecule has 0 aliphatic rings. The van der Waals surface area contributed by atoms with E-state index in [0.29, 0.717) is 5.56 Å². The van der Waals surface area contributed by atoms with E-state index in [9.17, 15) is 18.1 Å². The molecule has 0 unspecified atom stereocenters. The maximum Gasteiger partial charge on any atom is 0.357 e. The fourth-order valence-corrected chi connectivity index (χ4v) is 1.30. The molecular weight excluding hydrogens is 237 g/mol. The standard InChI is InChI=1S/C10H7F2O3P/c11-10(12,16-15)8(9(13)14)6-7-4-2-1-3-5-7/h1-6H,(H,13,14). The highest BCUT2D eigenvalue weighted by atomic mass is 31.1. The van der Waals surface area contributed by atoms with Gasteiger partial charge in [0.15, 0.2) is 0 Å². The second kappa shape index (κ2) is 4.94. The van der Waals surface area contributed by atoms with Crippen LogP contribution in [0.3, 0.4) is 0 Å². The minimum Gasteiger partial charge on any atom is -0.478 e. The number of hydrogen-bond acceptors (Lipinski definition) is 2. The van der Waals surface area contributed by atoms with E-state index in [2.05, 4.69) is 0 Å². The smallest absolute Gasteiger partial charge is 0.357 e. The second-order valence-electron chi connectivity index (χ2n) is 2.91. The van der Waals surface area contributed by atoms with Gasteiger partial charge < -0.3 is 5.11 Å². The van der Waals surface area contributed by atoms with E-state index < -0.39 is 25.7 Å². The van der Waals surface area contributed by atoms with E-state index in [-0.39, 0.29) is 0 Å². The van der Waals surface area contributed by atoms with Crippen molar-refractivity contribution in [2.45, 2.75) is 5.66 Å². The molecule has 1 aromatic rings. The summed E-state index contributed by atoms with van der Waals surface area (Å²) in [5.74, 6) is -1.79. The van der Waals surface area contributed by atoms with Gasteiger partial charge in [-0.1, -0.05) is 30.3 Å². The Morgan fingerprint density at radius 3 is 2.31 bits per heavy atom. The molecule has 0 spiro atoms. The van der Waals surface area contributed by atoms with Crippen molar-refractivity contribution < 1.29 is 23.2 Å². The van der Waals surface area contributed by atoms with Gasteiger partial charge in [-0.2, -0.15) is 8.78 Å². The maximum absolute atomic E-state index is 13.0. The van der Waals surface area contributed by atoms with Gasteiger partial charge in [0.25, 0.3) is 0 Å². The number of benzene rings is 1. The van der Waals surface area contributed by atoms with Crippen molar-refractivity contribution in [1.29, 1.82) is 0 Å². The molecule has 1 aromatic carbocycles. The monoisotopic (exact) mass is 244 g/mol. The normalized spacial score (nSPS) is 12.8. The first-order valence-corrected chi connectivity index (χ1v) is 5.01. The second-order valence-corrected chi connectivity index (χ2v) is 3.65. The number of aliphatic carboxylic acids is 1.